The molecule has 20 heavy (non-hydrogen) atoms. The summed E-state index contributed by atoms with van der Waals surface area (Å²) in [6, 6.07) is 9.98. The van der Waals surface area contributed by atoms with Gasteiger partial charge in [0.25, 0.3) is 0 Å². The van der Waals surface area contributed by atoms with Crippen LogP contribution >= 0.6 is 15.9 Å². The molecule has 1 aromatic carbocycles. The van der Waals surface area contributed by atoms with Crippen LogP contribution in [0.3, 0.4) is 0 Å². The van der Waals surface area contributed by atoms with Gasteiger partial charge in [0.1, 0.15) is 0 Å². The third kappa shape index (κ3) is 3.31. The van der Waals surface area contributed by atoms with E-state index in [4.69, 9.17) is 11.3 Å². The van der Waals surface area contributed by atoms with Crippen molar-refractivity contribution in [2.75, 3.05) is 39.5 Å². The minimum absolute atomic E-state index is 0.658. The summed E-state index contributed by atoms with van der Waals surface area (Å²) in [5.74, 6) is 0. The molecule has 0 N–H and O–H groups in total. The van der Waals surface area contributed by atoms with Crippen molar-refractivity contribution in [2.45, 2.75) is 0 Å². The summed E-state index contributed by atoms with van der Waals surface area (Å²) in [6.07, 6.45) is 3.33. The molecular weight excluding hydrogens is 383 g/mol. The van der Waals surface area contributed by atoms with E-state index in [2.05, 4.69) is 26.9 Å². The summed E-state index contributed by atoms with van der Waals surface area (Å²) in [5.41, 5.74) is 1.00. The number of nitrogens with zero attached hydrogens (tertiary/aromatic N) is 1. The number of fused-ring (bicyclic) bond motifs is 6. The Labute approximate surface area is 131 Å². The molecule has 0 amide bonds. The minimum atomic E-state index is -3.40. The molecule has 1 aromatic rings. The predicted octanol–water partition coefficient (Wildman–Crippen LogP) is 1.97. The van der Waals surface area contributed by atoms with E-state index in [9.17, 15) is 0 Å². The molecule has 0 atom stereocenters. The Morgan fingerprint density at radius 3 is 2.10 bits per heavy atom. The van der Waals surface area contributed by atoms with Crippen molar-refractivity contribution < 1.29 is 11.3 Å². The maximum atomic E-state index is 6.03. The van der Waals surface area contributed by atoms with Gasteiger partial charge in [-0.3, -0.25) is 0 Å². The second-order valence-electron chi connectivity index (χ2n) is 4.75. The summed E-state index contributed by atoms with van der Waals surface area (Å²) in [5, 5.41) is 0. The van der Waals surface area contributed by atoms with Gasteiger partial charge in [0, 0.05) is 0 Å². The molecule has 3 aliphatic heterocycles. The molecule has 0 saturated carbocycles. The molecule has 0 aliphatic carbocycles. The van der Waals surface area contributed by atoms with Crippen molar-refractivity contribution in [3.05, 3.63) is 45.3 Å². The quantitative estimate of drug-likeness (QED) is 0.562. The van der Waals surface area contributed by atoms with Gasteiger partial charge in [-0.1, -0.05) is 0 Å². The van der Waals surface area contributed by atoms with E-state index in [1.807, 2.05) is 30.3 Å². The zero-order valence-corrected chi connectivity index (χ0v) is 14.9. The molecule has 3 heterocycles. The summed E-state index contributed by atoms with van der Waals surface area (Å²) in [6.45, 7) is 4.82. The maximum absolute atomic E-state index is 6.03. The second kappa shape index (κ2) is 6.66. The van der Waals surface area contributed by atoms with Crippen molar-refractivity contribution in [1.29, 1.82) is 0 Å². The van der Waals surface area contributed by atoms with E-state index < -0.39 is 14.3 Å². The van der Waals surface area contributed by atoms with Gasteiger partial charge >= 0.3 is 131 Å². The third-order valence-electron chi connectivity index (χ3n) is 3.40. The fraction of sp³-hybridized carbons (Fsp3) is 0.429. The second-order valence-corrected chi connectivity index (χ2v) is 12.3. The summed E-state index contributed by atoms with van der Waals surface area (Å²) >= 11 is 0.211. The zero-order chi connectivity index (χ0) is 13.8. The van der Waals surface area contributed by atoms with E-state index in [0.29, 0.717) is 19.8 Å². The molecule has 3 fully saturated rings. The standard InChI is InChI=1S/C14H17BrGeNO3/c15-14(12-13-4-2-1-3-5-13)16-18-9-6-17(7-10-19-16)8-11-20-16/h1-5H,6-11H2/q+1. The Balaban J connectivity index is 1.86. The van der Waals surface area contributed by atoms with Crippen LogP contribution in [-0.2, 0) is 11.3 Å². The van der Waals surface area contributed by atoms with Crippen molar-refractivity contribution >= 4 is 30.2 Å². The third-order valence-corrected chi connectivity index (χ3v) is 11.2. The molecule has 4 rings (SSSR count). The first-order chi connectivity index (χ1) is 9.78. The van der Waals surface area contributed by atoms with Crippen LogP contribution in [0, 0.1) is 6.08 Å². The number of hydrogen-bond acceptors (Lipinski definition) is 4. The molecule has 3 saturated heterocycles. The molecule has 3 aliphatic rings. The molecule has 0 radical (unpaired) electrons. The topological polar surface area (TPSA) is 30.9 Å². The Kier molecular flexibility index (Phi) is 4.88. The molecule has 106 valence electrons. The zero-order valence-electron chi connectivity index (χ0n) is 11.2. The van der Waals surface area contributed by atoms with E-state index in [1.54, 1.807) is 0 Å². The number of rotatable bonds is 2. The van der Waals surface area contributed by atoms with Crippen LogP contribution in [0.2, 0.25) is 0 Å². The fourth-order valence-electron chi connectivity index (χ4n) is 2.30. The van der Waals surface area contributed by atoms with Crippen LogP contribution in [0.25, 0.3) is 0 Å². The summed E-state index contributed by atoms with van der Waals surface area (Å²) < 4.78 is 18.9. The number of benzene rings is 1. The van der Waals surface area contributed by atoms with Crippen LogP contribution in [-0.4, -0.2) is 58.6 Å². The van der Waals surface area contributed by atoms with Gasteiger partial charge in [-0.05, 0) is 0 Å². The average molecular weight is 400 g/mol. The Morgan fingerprint density at radius 2 is 1.55 bits per heavy atom. The first-order valence-electron chi connectivity index (χ1n) is 6.78. The van der Waals surface area contributed by atoms with Gasteiger partial charge in [-0.25, -0.2) is 0 Å². The van der Waals surface area contributed by atoms with E-state index in [1.165, 1.54) is 0 Å². The van der Waals surface area contributed by atoms with Gasteiger partial charge in [-0.15, -0.1) is 0 Å². The summed E-state index contributed by atoms with van der Waals surface area (Å²) in [4.78, 5) is 2.31. The number of hydrogen-bond donors (Lipinski definition) is 0. The fourth-order valence-corrected chi connectivity index (χ4v) is 8.53. The Morgan fingerprint density at radius 1 is 1.00 bits per heavy atom. The monoisotopic (exact) mass is 400 g/mol. The summed E-state index contributed by atoms with van der Waals surface area (Å²) in [7, 11) is 0. The van der Waals surface area contributed by atoms with Gasteiger partial charge < -0.3 is 0 Å². The molecule has 0 unspecified atom stereocenters. The average Bonchev–Trinajstić information content (AvgIpc) is 2.38. The van der Waals surface area contributed by atoms with Gasteiger partial charge in [0.05, 0.1) is 0 Å². The molecule has 4 nitrogen and oxygen atoms in total. The number of halogens is 1. The van der Waals surface area contributed by atoms with E-state index in [0.717, 1.165) is 28.5 Å². The molecule has 6 heteroatoms. The first-order valence-corrected chi connectivity index (χ1v) is 11.2. The van der Waals surface area contributed by atoms with Crippen molar-refractivity contribution in [3.8, 4) is 0 Å². The van der Waals surface area contributed by atoms with Crippen LogP contribution in [0.4, 0.5) is 0 Å². The first kappa shape index (κ1) is 14.7. The van der Waals surface area contributed by atoms with Crippen molar-refractivity contribution in [2.24, 2.45) is 0 Å². The normalized spacial score (nSPS) is 31.1. The molecule has 2 bridgehead atoms. The van der Waals surface area contributed by atoms with Crippen LogP contribution in [0.5, 0.6) is 0 Å². The predicted molar refractivity (Wildman–Crippen MR) is 81.3 cm³/mol. The Bertz CT molecular complexity index is 456. The SMILES string of the molecule is Br[C](=[C+]c1ccccc1)[Ge]12[O]CCN(CC[O]1)CC[O]2. The van der Waals surface area contributed by atoms with Crippen molar-refractivity contribution in [3.63, 3.8) is 0 Å². The molecule has 0 aromatic heterocycles. The van der Waals surface area contributed by atoms with Crippen molar-refractivity contribution in [1.82, 2.24) is 4.90 Å². The Hall–Kier alpha value is -0.267. The molecular formula is C14H17BrGeNO3+. The molecule has 0 spiro atoms. The van der Waals surface area contributed by atoms with Gasteiger partial charge in [0.15, 0.2) is 0 Å². The van der Waals surface area contributed by atoms with E-state index >= 15 is 0 Å². The van der Waals surface area contributed by atoms with Gasteiger partial charge in [0.2, 0.25) is 0 Å². The van der Waals surface area contributed by atoms with Crippen LogP contribution in [0.1, 0.15) is 5.56 Å². The van der Waals surface area contributed by atoms with Crippen LogP contribution < -0.4 is 0 Å². The van der Waals surface area contributed by atoms with E-state index in [-0.39, 0.29) is 0 Å². The van der Waals surface area contributed by atoms with Gasteiger partial charge in [-0.2, -0.15) is 0 Å². The van der Waals surface area contributed by atoms with Crippen LogP contribution in [0.15, 0.2) is 33.6 Å².